The van der Waals surface area contributed by atoms with Crippen LogP contribution in [0.3, 0.4) is 0 Å². The van der Waals surface area contributed by atoms with Crippen LogP contribution in [0.25, 0.3) is 0 Å². The first kappa shape index (κ1) is 15.3. The molecule has 120 valence electrons. The molecular weight excluding hydrogens is 290 g/mol. The molecule has 0 radical (unpaired) electrons. The summed E-state index contributed by atoms with van der Waals surface area (Å²) in [5.74, 6) is 0.0665. The Labute approximate surface area is 135 Å². The van der Waals surface area contributed by atoms with Crippen molar-refractivity contribution in [2.75, 3.05) is 26.2 Å². The van der Waals surface area contributed by atoms with Gasteiger partial charge < -0.3 is 14.8 Å². The van der Waals surface area contributed by atoms with Crippen molar-refractivity contribution in [1.29, 1.82) is 0 Å². The van der Waals surface area contributed by atoms with Crippen LogP contribution in [-0.2, 0) is 0 Å². The first-order valence-corrected chi connectivity index (χ1v) is 7.93. The summed E-state index contributed by atoms with van der Waals surface area (Å²) < 4.78 is 0. The number of carbonyl (C=O) groups excluding carboxylic acids is 2. The highest BCUT2D eigenvalue weighted by molar-refractivity contribution is 5.95. The molecule has 23 heavy (non-hydrogen) atoms. The summed E-state index contributed by atoms with van der Waals surface area (Å²) in [5, 5.41) is 0. The molecule has 0 atom stereocenters. The van der Waals surface area contributed by atoms with Crippen LogP contribution in [0.2, 0.25) is 0 Å². The highest BCUT2D eigenvalue weighted by atomic mass is 16.2. The van der Waals surface area contributed by atoms with E-state index >= 15 is 0 Å². The molecule has 0 bridgehead atoms. The minimum Gasteiger partial charge on any atom is -0.367 e. The molecule has 1 N–H and O–H groups in total. The number of nitrogens with one attached hydrogen (secondary N) is 1. The number of carbonyl (C=O) groups is 2. The topological polar surface area (TPSA) is 56.4 Å². The van der Waals surface area contributed by atoms with Crippen LogP contribution in [-0.4, -0.2) is 52.8 Å². The summed E-state index contributed by atoms with van der Waals surface area (Å²) in [5.41, 5.74) is 2.52. The van der Waals surface area contributed by atoms with Crippen molar-refractivity contribution in [3.63, 3.8) is 0 Å². The molecule has 1 aliphatic heterocycles. The number of aromatic nitrogens is 1. The molecule has 1 saturated heterocycles. The van der Waals surface area contributed by atoms with Crippen molar-refractivity contribution >= 4 is 11.8 Å². The fourth-order valence-corrected chi connectivity index (χ4v) is 2.84. The molecule has 5 heteroatoms. The molecule has 0 saturated carbocycles. The molecule has 0 aliphatic carbocycles. The zero-order valence-electron chi connectivity index (χ0n) is 13.3. The van der Waals surface area contributed by atoms with E-state index in [-0.39, 0.29) is 11.8 Å². The van der Waals surface area contributed by atoms with Crippen LogP contribution in [0.4, 0.5) is 0 Å². The van der Waals surface area contributed by atoms with E-state index in [2.05, 4.69) is 4.98 Å². The van der Waals surface area contributed by atoms with E-state index in [0.29, 0.717) is 37.3 Å². The van der Waals surface area contributed by atoms with Crippen LogP contribution in [0.15, 0.2) is 42.7 Å². The van der Waals surface area contributed by atoms with Crippen molar-refractivity contribution in [2.24, 2.45) is 0 Å². The molecule has 0 spiro atoms. The van der Waals surface area contributed by atoms with Gasteiger partial charge in [0.25, 0.3) is 11.8 Å². The molecule has 1 aliphatic rings. The van der Waals surface area contributed by atoms with Crippen LogP contribution in [0, 0.1) is 6.92 Å². The van der Waals surface area contributed by atoms with E-state index < -0.39 is 0 Å². The number of aromatic amines is 1. The lowest BCUT2D eigenvalue weighted by Crippen LogP contribution is -2.37. The lowest BCUT2D eigenvalue weighted by molar-refractivity contribution is 0.0719. The van der Waals surface area contributed by atoms with Gasteiger partial charge in [0, 0.05) is 44.1 Å². The van der Waals surface area contributed by atoms with Crippen molar-refractivity contribution < 1.29 is 9.59 Å². The van der Waals surface area contributed by atoms with Gasteiger partial charge in [0.15, 0.2) is 0 Å². The Morgan fingerprint density at radius 2 is 1.48 bits per heavy atom. The number of benzene rings is 1. The maximum atomic E-state index is 12.6. The average Bonchev–Trinajstić information content (AvgIpc) is 2.99. The highest BCUT2D eigenvalue weighted by Crippen LogP contribution is 2.12. The SMILES string of the molecule is Cc1ccc(C(=O)N2CCCN(C(=O)c3cc[nH]c3)CC2)cc1. The molecule has 2 amide bonds. The second-order valence-corrected chi connectivity index (χ2v) is 5.90. The Hall–Kier alpha value is -2.56. The smallest absolute Gasteiger partial charge is 0.255 e. The molecule has 0 unspecified atom stereocenters. The van der Waals surface area contributed by atoms with E-state index in [1.54, 1.807) is 18.5 Å². The standard InChI is InChI=1S/C18H21N3O2/c1-14-3-5-15(6-4-14)17(22)20-9-2-10-21(12-11-20)18(23)16-7-8-19-13-16/h3-8,13,19H,2,9-12H2,1H3. The van der Waals surface area contributed by atoms with Crippen LogP contribution < -0.4 is 0 Å². The zero-order valence-corrected chi connectivity index (χ0v) is 13.3. The van der Waals surface area contributed by atoms with Gasteiger partial charge in [-0.3, -0.25) is 9.59 Å². The van der Waals surface area contributed by atoms with Crippen LogP contribution in [0.1, 0.15) is 32.7 Å². The molecule has 1 fully saturated rings. The molecule has 3 rings (SSSR count). The Morgan fingerprint density at radius 3 is 2.04 bits per heavy atom. The number of hydrogen-bond donors (Lipinski definition) is 1. The van der Waals surface area contributed by atoms with Crippen LogP contribution in [0.5, 0.6) is 0 Å². The first-order valence-electron chi connectivity index (χ1n) is 7.93. The quantitative estimate of drug-likeness (QED) is 0.925. The van der Waals surface area contributed by atoms with Crippen molar-refractivity contribution in [3.8, 4) is 0 Å². The summed E-state index contributed by atoms with van der Waals surface area (Å²) in [6.45, 7) is 4.51. The molecule has 5 nitrogen and oxygen atoms in total. The maximum Gasteiger partial charge on any atom is 0.255 e. The highest BCUT2D eigenvalue weighted by Gasteiger charge is 2.23. The Bertz CT molecular complexity index is 677. The Balaban J connectivity index is 1.65. The largest absolute Gasteiger partial charge is 0.367 e. The third kappa shape index (κ3) is 3.44. The fraction of sp³-hybridized carbons (Fsp3) is 0.333. The van der Waals surface area contributed by atoms with Gasteiger partial charge in [-0.1, -0.05) is 17.7 Å². The third-order valence-corrected chi connectivity index (χ3v) is 4.21. The first-order chi connectivity index (χ1) is 11.1. The van der Waals surface area contributed by atoms with Crippen molar-refractivity contribution in [3.05, 3.63) is 59.4 Å². The summed E-state index contributed by atoms with van der Waals surface area (Å²) in [7, 11) is 0. The summed E-state index contributed by atoms with van der Waals surface area (Å²) in [6, 6.07) is 9.42. The van der Waals surface area contributed by atoms with Gasteiger partial charge in [0.05, 0.1) is 5.56 Å². The van der Waals surface area contributed by atoms with Gasteiger partial charge in [-0.2, -0.15) is 0 Å². The number of nitrogens with zero attached hydrogens (tertiary/aromatic N) is 2. The summed E-state index contributed by atoms with van der Waals surface area (Å²) in [4.78, 5) is 31.6. The third-order valence-electron chi connectivity index (χ3n) is 4.21. The van der Waals surface area contributed by atoms with Gasteiger partial charge >= 0.3 is 0 Å². The monoisotopic (exact) mass is 311 g/mol. The van der Waals surface area contributed by atoms with Crippen molar-refractivity contribution in [2.45, 2.75) is 13.3 Å². The Morgan fingerprint density at radius 1 is 0.870 bits per heavy atom. The predicted molar refractivity (Wildman–Crippen MR) is 88.4 cm³/mol. The number of H-pyrrole nitrogens is 1. The molecule has 2 heterocycles. The van der Waals surface area contributed by atoms with Crippen LogP contribution >= 0.6 is 0 Å². The normalized spacial score (nSPS) is 15.3. The zero-order chi connectivity index (χ0) is 16.2. The van der Waals surface area contributed by atoms with E-state index in [4.69, 9.17) is 0 Å². The minimum atomic E-state index is 0.0240. The minimum absolute atomic E-state index is 0.0240. The number of hydrogen-bond acceptors (Lipinski definition) is 2. The number of amides is 2. The van der Waals surface area contributed by atoms with Gasteiger partial charge in [-0.05, 0) is 31.5 Å². The number of rotatable bonds is 2. The van der Waals surface area contributed by atoms with E-state index in [0.717, 1.165) is 12.0 Å². The molecule has 2 aromatic rings. The predicted octanol–water partition coefficient (Wildman–Crippen LogP) is 2.31. The van der Waals surface area contributed by atoms with Gasteiger partial charge in [-0.15, -0.1) is 0 Å². The average molecular weight is 311 g/mol. The second kappa shape index (κ2) is 6.69. The maximum absolute atomic E-state index is 12.6. The lowest BCUT2D eigenvalue weighted by atomic mass is 10.1. The summed E-state index contributed by atoms with van der Waals surface area (Å²) in [6.07, 6.45) is 4.26. The second-order valence-electron chi connectivity index (χ2n) is 5.90. The van der Waals surface area contributed by atoms with E-state index in [1.807, 2.05) is 41.0 Å². The molecule has 1 aromatic heterocycles. The fourth-order valence-electron chi connectivity index (χ4n) is 2.84. The number of aryl methyl sites for hydroxylation is 1. The van der Waals surface area contributed by atoms with Crippen molar-refractivity contribution in [1.82, 2.24) is 14.8 Å². The molecule has 1 aromatic carbocycles. The lowest BCUT2D eigenvalue weighted by Gasteiger charge is -2.22. The summed E-state index contributed by atoms with van der Waals surface area (Å²) >= 11 is 0. The van der Waals surface area contributed by atoms with Gasteiger partial charge in [0.2, 0.25) is 0 Å². The van der Waals surface area contributed by atoms with Gasteiger partial charge in [-0.25, -0.2) is 0 Å². The van der Waals surface area contributed by atoms with Gasteiger partial charge in [0.1, 0.15) is 0 Å². The molecular formula is C18H21N3O2. The van der Waals surface area contributed by atoms with E-state index in [1.165, 1.54) is 0 Å². The Kier molecular flexibility index (Phi) is 4.46. The van der Waals surface area contributed by atoms with E-state index in [9.17, 15) is 9.59 Å².